The summed E-state index contributed by atoms with van der Waals surface area (Å²) < 4.78 is 0. The van der Waals surface area contributed by atoms with Crippen LogP contribution in [0.25, 0.3) is 5.57 Å². The number of nitro groups is 1. The van der Waals surface area contributed by atoms with E-state index in [4.69, 9.17) is 4.94 Å². The summed E-state index contributed by atoms with van der Waals surface area (Å²) in [6.45, 7) is 4.08. The van der Waals surface area contributed by atoms with E-state index in [2.05, 4.69) is 16.7 Å². The normalized spacial score (nSPS) is 20.5. The predicted octanol–water partition coefficient (Wildman–Crippen LogP) is 2.12. The number of nitrogens with one attached hydrogen (secondary N) is 1. The molecule has 1 N–H and O–H groups in total. The van der Waals surface area contributed by atoms with Gasteiger partial charge in [0, 0.05) is 6.08 Å². The Hall–Kier alpha value is -2.47. The minimum Gasteiger partial charge on any atom is -0.298 e. The van der Waals surface area contributed by atoms with Gasteiger partial charge >= 0.3 is 0 Å². The van der Waals surface area contributed by atoms with Crippen molar-refractivity contribution < 1.29 is 9.86 Å². The van der Waals surface area contributed by atoms with Crippen LogP contribution in [0.1, 0.15) is 16.7 Å². The van der Waals surface area contributed by atoms with Gasteiger partial charge in [0.15, 0.2) is 5.71 Å². The smallest absolute Gasteiger partial charge is 0.296 e. The second-order valence-electron chi connectivity index (χ2n) is 4.85. The average molecular weight is 271 g/mol. The molecule has 6 nitrogen and oxygen atoms in total. The zero-order valence-corrected chi connectivity index (χ0v) is 11.1. The van der Waals surface area contributed by atoms with E-state index in [9.17, 15) is 10.1 Å². The van der Waals surface area contributed by atoms with Crippen molar-refractivity contribution in [1.29, 1.82) is 0 Å². The van der Waals surface area contributed by atoms with Crippen molar-refractivity contribution in [2.75, 3.05) is 0 Å². The molecule has 0 amide bonds. The number of allylic oxidation sites excluding steroid dienone is 2. The predicted molar refractivity (Wildman–Crippen MR) is 74.4 cm³/mol. The number of rotatable bonds is 2. The fraction of sp³-hybridized carbons (Fsp3) is 0.214. The van der Waals surface area contributed by atoms with E-state index in [1.807, 2.05) is 26.0 Å². The largest absolute Gasteiger partial charge is 0.298 e. The van der Waals surface area contributed by atoms with Crippen molar-refractivity contribution in [3.05, 3.63) is 62.9 Å². The summed E-state index contributed by atoms with van der Waals surface area (Å²) >= 11 is 0. The summed E-state index contributed by atoms with van der Waals surface area (Å²) in [4.78, 5) is 15.4. The molecule has 0 aromatic heterocycles. The molecule has 0 bridgehead atoms. The highest BCUT2D eigenvalue weighted by Gasteiger charge is 2.38. The zero-order chi connectivity index (χ0) is 14.3. The first kappa shape index (κ1) is 12.6. The molecule has 1 atom stereocenters. The number of nitrogens with zero attached hydrogens (tertiary/aromatic N) is 2. The van der Waals surface area contributed by atoms with Crippen LogP contribution in [-0.4, -0.2) is 16.7 Å². The maximum Gasteiger partial charge on any atom is 0.296 e. The first-order valence-electron chi connectivity index (χ1n) is 6.21. The van der Waals surface area contributed by atoms with E-state index in [1.165, 1.54) is 17.2 Å². The third-order valence-electron chi connectivity index (χ3n) is 3.62. The summed E-state index contributed by atoms with van der Waals surface area (Å²) in [6, 6.07) is 5.69. The van der Waals surface area contributed by atoms with Gasteiger partial charge in [0.2, 0.25) is 0 Å². The fourth-order valence-electron chi connectivity index (χ4n) is 2.33. The van der Waals surface area contributed by atoms with Gasteiger partial charge in [-0.2, -0.15) is 0 Å². The first-order valence-corrected chi connectivity index (χ1v) is 6.21. The Kier molecular flexibility index (Phi) is 2.87. The Bertz CT molecular complexity index is 689. The van der Waals surface area contributed by atoms with E-state index in [0.717, 1.165) is 11.1 Å². The highest BCUT2D eigenvalue weighted by atomic mass is 16.8. The molecular formula is C14H13N3O3. The van der Waals surface area contributed by atoms with Crippen LogP contribution in [0, 0.1) is 24.0 Å². The van der Waals surface area contributed by atoms with Crippen molar-refractivity contribution >= 4 is 11.3 Å². The van der Waals surface area contributed by atoms with E-state index in [-0.39, 0.29) is 5.70 Å². The molecule has 0 spiro atoms. The maximum absolute atomic E-state index is 11.0. The van der Waals surface area contributed by atoms with Gasteiger partial charge in [-0.1, -0.05) is 23.4 Å². The Balaban J connectivity index is 2.08. The number of aryl methyl sites for hydroxylation is 2. The van der Waals surface area contributed by atoms with E-state index in [0.29, 0.717) is 5.71 Å². The van der Waals surface area contributed by atoms with Crippen molar-refractivity contribution in [2.24, 2.45) is 5.16 Å². The lowest BCUT2D eigenvalue weighted by molar-refractivity contribution is -0.415. The van der Waals surface area contributed by atoms with Crippen LogP contribution in [0.4, 0.5) is 0 Å². The fourth-order valence-corrected chi connectivity index (χ4v) is 2.33. The standard InChI is InChI=1S/C14H13N3O3/c1-8-3-4-10(7-9(8)2)11-5-6-12(17(18)19)14-13(11)15-20-16-14/h3-7,13,15H,1-2H3. The lowest BCUT2D eigenvalue weighted by Gasteiger charge is -2.18. The number of oxime groups is 1. The Morgan fingerprint density at radius 2 is 2.10 bits per heavy atom. The third kappa shape index (κ3) is 1.90. The molecule has 6 heteroatoms. The Morgan fingerprint density at radius 3 is 2.80 bits per heavy atom. The monoisotopic (exact) mass is 271 g/mol. The molecule has 1 heterocycles. The van der Waals surface area contributed by atoms with Gasteiger partial charge in [-0.25, -0.2) is 0 Å². The van der Waals surface area contributed by atoms with Gasteiger partial charge in [0.25, 0.3) is 5.70 Å². The molecular weight excluding hydrogens is 258 g/mol. The quantitative estimate of drug-likeness (QED) is 0.660. The lowest BCUT2D eigenvalue weighted by atomic mass is 9.89. The maximum atomic E-state index is 11.0. The third-order valence-corrected chi connectivity index (χ3v) is 3.62. The summed E-state index contributed by atoms with van der Waals surface area (Å²) in [5.74, 6) is 0. The molecule has 3 rings (SSSR count). The van der Waals surface area contributed by atoms with Gasteiger partial charge < -0.3 is 0 Å². The zero-order valence-electron chi connectivity index (χ0n) is 11.1. The SMILES string of the molecule is Cc1ccc(C2=CC=C([N+](=O)[O-])C3=NONC23)cc1C. The van der Waals surface area contributed by atoms with Crippen molar-refractivity contribution in [2.45, 2.75) is 19.9 Å². The highest BCUT2D eigenvalue weighted by Crippen LogP contribution is 2.29. The number of hydrogen-bond acceptors (Lipinski definition) is 5. The van der Waals surface area contributed by atoms with Crippen molar-refractivity contribution in [3.8, 4) is 0 Å². The molecule has 0 radical (unpaired) electrons. The minimum absolute atomic E-state index is 0.0346. The molecule has 0 saturated carbocycles. The highest BCUT2D eigenvalue weighted by molar-refractivity contribution is 6.12. The number of fused-ring (bicyclic) bond motifs is 1. The topological polar surface area (TPSA) is 76.8 Å². The lowest BCUT2D eigenvalue weighted by Crippen LogP contribution is -2.35. The number of benzene rings is 1. The van der Waals surface area contributed by atoms with Crippen LogP contribution in [0.2, 0.25) is 0 Å². The molecule has 1 aliphatic carbocycles. The van der Waals surface area contributed by atoms with Crippen LogP contribution >= 0.6 is 0 Å². The summed E-state index contributed by atoms with van der Waals surface area (Å²) in [7, 11) is 0. The van der Waals surface area contributed by atoms with Crippen LogP contribution in [-0.2, 0) is 4.94 Å². The second-order valence-corrected chi connectivity index (χ2v) is 4.85. The Labute approximate surface area is 115 Å². The first-order chi connectivity index (χ1) is 9.58. The van der Waals surface area contributed by atoms with E-state index >= 15 is 0 Å². The molecule has 1 aromatic rings. The average Bonchev–Trinajstić information content (AvgIpc) is 2.89. The molecule has 1 unspecified atom stereocenters. The molecule has 0 saturated heterocycles. The number of hydrogen-bond donors (Lipinski definition) is 1. The van der Waals surface area contributed by atoms with Gasteiger partial charge in [0.05, 0.1) is 4.92 Å². The van der Waals surface area contributed by atoms with Crippen LogP contribution in [0.3, 0.4) is 0 Å². The van der Waals surface area contributed by atoms with Gasteiger partial charge in [-0.05, 0) is 42.2 Å². The van der Waals surface area contributed by atoms with Crippen LogP contribution in [0.15, 0.2) is 41.2 Å². The van der Waals surface area contributed by atoms with Crippen molar-refractivity contribution in [1.82, 2.24) is 5.48 Å². The van der Waals surface area contributed by atoms with Gasteiger partial charge in [-0.15, -0.1) is 5.48 Å². The Morgan fingerprint density at radius 1 is 1.30 bits per heavy atom. The minimum atomic E-state index is -0.449. The van der Waals surface area contributed by atoms with E-state index in [1.54, 1.807) is 6.08 Å². The summed E-state index contributed by atoms with van der Waals surface area (Å²) in [5, 5.41) is 14.7. The van der Waals surface area contributed by atoms with Crippen LogP contribution in [0.5, 0.6) is 0 Å². The van der Waals surface area contributed by atoms with Crippen LogP contribution < -0.4 is 5.48 Å². The molecule has 2 aliphatic rings. The van der Waals surface area contributed by atoms with Gasteiger partial charge in [-0.3, -0.25) is 15.1 Å². The summed E-state index contributed by atoms with van der Waals surface area (Å²) in [5.41, 5.74) is 7.28. The van der Waals surface area contributed by atoms with E-state index < -0.39 is 11.0 Å². The molecule has 20 heavy (non-hydrogen) atoms. The van der Waals surface area contributed by atoms with Gasteiger partial charge in [0.1, 0.15) is 6.04 Å². The molecule has 102 valence electrons. The number of hydroxylamine groups is 1. The second kappa shape index (κ2) is 4.57. The van der Waals surface area contributed by atoms with Crippen molar-refractivity contribution in [3.63, 3.8) is 0 Å². The molecule has 1 aromatic carbocycles. The summed E-state index contributed by atoms with van der Waals surface area (Å²) in [6.07, 6.45) is 3.21. The molecule has 1 aliphatic heterocycles. The molecule has 0 fully saturated rings.